The van der Waals surface area contributed by atoms with Crippen molar-refractivity contribution in [3.8, 4) is 0 Å². The lowest BCUT2D eigenvalue weighted by molar-refractivity contribution is 0.187. The van der Waals surface area contributed by atoms with Crippen LogP contribution in [0.3, 0.4) is 0 Å². The number of thioether (sulfide) groups is 1. The lowest BCUT2D eigenvalue weighted by atomic mass is 10.5. The SMILES string of the molecule is O=P(O)(O)ON1CSc2ncncc21. The predicted molar refractivity (Wildman–Crippen MR) is 48.4 cm³/mol. The summed E-state index contributed by atoms with van der Waals surface area (Å²) >= 11 is 1.32. The molecule has 0 aliphatic carbocycles. The molecule has 76 valence electrons. The van der Waals surface area contributed by atoms with E-state index in [1.165, 1.54) is 24.3 Å². The number of aromatic nitrogens is 2. The number of rotatable bonds is 2. The number of hydrogen-bond donors (Lipinski definition) is 2. The van der Waals surface area contributed by atoms with Gasteiger partial charge in [-0.2, -0.15) is 4.62 Å². The predicted octanol–water partition coefficient (Wildman–Crippen LogP) is 0.370. The summed E-state index contributed by atoms with van der Waals surface area (Å²) in [6, 6.07) is 0. The highest BCUT2D eigenvalue weighted by atomic mass is 32.2. The van der Waals surface area contributed by atoms with Crippen LogP contribution < -0.4 is 5.06 Å². The van der Waals surface area contributed by atoms with E-state index >= 15 is 0 Å². The van der Waals surface area contributed by atoms with Crippen molar-refractivity contribution in [3.63, 3.8) is 0 Å². The Labute approximate surface area is 83.3 Å². The largest absolute Gasteiger partial charge is 0.491 e. The van der Waals surface area contributed by atoms with Gasteiger partial charge in [0.05, 0.1) is 12.1 Å². The topological polar surface area (TPSA) is 95.8 Å². The van der Waals surface area contributed by atoms with Crippen LogP contribution in [0.5, 0.6) is 0 Å². The van der Waals surface area contributed by atoms with Gasteiger partial charge in [0.1, 0.15) is 17.0 Å². The van der Waals surface area contributed by atoms with Crippen LogP contribution in [-0.4, -0.2) is 25.6 Å². The standard InChI is InChI=1S/C5H6N3O4PS/c9-13(10,11)12-8-3-14-5-4(8)1-6-2-7-5/h1-2H,3H2,(H2,9,10,11). The summed E-state index contributed by atoms with van der Waals surface area (Å²) in [6.45, 7) is 0. The summed E-state index contributed by atoms with van der Waals surface area (Å²) in [6.07, 6.45) is 2.81. The third-order valence-electron chi connectivity index (χ3n) is 1.45. The van der Waals surface area contributed by atoms with Gasteiger partial charge >= 0.3 is 7.82 Å². The number of fused-ring (bicyclic) bond motifs is 1. The van der Waals surface area contributed by atoms with E-state index in [9.17, 15) is 4.57 Å². The average Bonchev–Trinajstić information content (AvgIpc) is 2.47. The van der Waals surface area contributed by atoms with E-state index in [0.29, 0.717) is 16.6 Å². The van der Waals surface area contributed by atoms with E-state index in [2.05, 4.69) is 14.6 Å². The Morgan fingerprint density at radius 2 is 2.43 bits per heavy atom. The third kappa shape index (κ3) is 2.05. The molecule has 1 aliphatic rings. The van der Waals surface area contributed by atoms with Gasteiger partial charge in [-0.05, 0) is 0 Å². The lowest BCUT2D eigenvalue weighted by Gasteiger charge is -2.16. The normalized spacial score (nSPS) is 15.7. The second-order valence-corrected chi connectivity index (χ2v) is 4.52. The molecule has 2 N–H and O–H groups in total. The van der Waals surface area contributed by atoms with Gasteiger partial charge in [0.2, 0.25) is 0 Å². The zero-order valence-electron chi connectivity index (χ0n) is 6.77. The number of nitrogens with zero attached hydrogens (tertiary/aromatic N) is 3. The molecule has 0 atom stereocenters. The second-order valence-electron chi connectivity index (χ2n) is 2.44. The van der Waals surface area contributed by atoms with Gasteiger partial charge in [0.15, 0.2) is 0 Å². The molecule has 9 heteroatoms. The van der Waals surface area contributed by atoms with Gasteiger partial charge < -0.3 is 9.79 Å². The molecule has 0 bridgehead atoms. The maximum absolute atomic E-state index is 10.6. The Balaban J connectivity index is 2.23. The zero-order valence-corrected chi connectivity index (χ0v) is 8.48. The Morgan fingerprint density at radius 1 is 1.64 bits per heavy atom. The van der Waals surface area contributed by atoms with E-state index in [1.54, 1.807) is 0 Å². The fourth-order valence-corrected chi connectivity index (χ4v) is 2.31. The molecule has 1 aliphatic heterocycles. The molecule has 14 heavy (non-hydrogen) atoms. The van der Waals surface area contributed by atoms with Crippen molar-refractivity contribution >= 4 is 25.3 Å². The molecule has 0 saturated carbocycles. The maximum atomic E-state index is 10.6. The molecule has 0 radical (unpaired) electrons. The van der Waals surface area contributed by atoms with Crippen LogP contribution in [0.4, 0.5) is 5.69 Å². The molecule has 1 aromatic heterocycles. The summed E-state index contributed by atoms with van der Waals surface area (Å²) < 4.78 is 15.0. The highest BCUT2D eigenvalue weighted by Crippen LogP contribution is 2.44. The number of hydrogen-bond acceptors (Lipinski definition) is 6. The van der Waals surface area contributed by atoms with Crippen LogP contribution in [0.15, 0.2) is 17.6 Å². The van der Waals surface area contributed by atoms with Crippen LogP contribution in [0, 0.1) is 0 Å². The Bertz CT molecular complexity index is 396. The Morgan fingerprint density at radius 3 is 3.14 bits per heavy atom. The minimum atomic E-state index is -4.51. The lowest BCUT2D eigenvalue weighted by Crippen LogP contribution is -2.17. The minimum absolute atomic E-state index is 0.291. The smallest absolute Gasteiger partial charge is 0.301 e. The first-order valence-corrected chi connectivity index (χ1v) is 6.03. The third-order valence-corrected chi connectivity index (χ3v) is 2.81. The fourth-order valence-electron chi connectivity index (χ4n) is 0.979. The summed E-state index contributed by atoms with van der Waals surface area (Å²) in [7, 11) is -4.51. The van der Waals surface area contributed by atoms with Gasteiger partial charge in [-0.15, -0.1) is 0 Å². The molecule has 0 fully saturated rings. The molecular weight excluding hydrogens is 229 g/mol. The quantitative estimate of drug-likeness (QED) is 0.560. The van der Waals surface area contributed by atoms with Crippen molar-refractivity contribution in [1.29, 1.82) is 0 Å². The number of anilines is 1. The van der Waals surface area contributed by atoms with Gasteiger partial charge in [0.25, 0.3) is 0 Å². The monoisotopic (exact) mass is 235 g/mol. The maximum Gasteiger partial charge on any atom is 0.491 e. The van der Waals surface area contributed by atoms with Gasteiger partial charge in [-0.1, -0.05) is 11.8 Å². The van der Waals surface area contributed by atoms with Crippen molar-refractivity contribution in [2.24, 2.45) is 0 Å². The highest BCUT2D eigenvalue weighted by Gasteiger charge is 2.28. The minimum Gasteiger partial charge on any atom is -0.301 e. The van der Waals surface area contributed by atoms with Crippen LogP contribution in [0.1, 0.15) is 0 Å². The molecule has 7 nitrogen and oxygen atoms in total. The van der Waals surface area contributed by atoms with Gasteiger partial charge in [-0.3, -0.25) is 0 Å². The Hall–Kier alpha value is -0.660. The summed E-state index contributed by atoms with van der Waals surface area (Å²) in [5, 5.41) is 1.73. The van der Waals surface area contributed by atoms with Crippen molar-refractivity contribution in [3.05, 3.63) is 12.5 Å². The van der Waals surface area contributed by atoms with Gasteiger partial charge in [0, 0.05) is 0 Å². The van der Waals surface area contributed by atoms with Crippen LogP contribution in [0.25, 0.3) is 0 Å². The summed E-state index contributed by atoms with van der Waals surface area (Å²) in [5.74, 6) is 0.291. The molecule has 0 amide bonds. The van der Waals surface area contributed by atoms with E-state index in [0.717, 1.165) is 5.06 Å². The first-order valence-electron chi connectivity index (χ1n) is 3.52. The highest BCUT2D eigenvalue weighted by molar-refractivity contribution is 7.99. The first kappa shape index (κ1) is 9.88. The molecular formula is C5H6N3O4PS. The number of hydroxylamine groups is 1. The molecule has 1 aromatic rings. The van der Waals surface area contributed by atoms with E-state index in [4.69, 9.17) is 9.79 Å². The van der Waals surface area contributed by atoms with Crippen molar-refractivity contribution in [2.45, 2.75) is 5.03 Å². The average molecular weight is 235 g/mol. The summed E-state index contributed by atoms with van der Waals surface area (Å²) in [4.78, 5) is 24.9. The second kappa shape index (κ2) is 3.48. The molecule has 2 heterocycles. The molecule has 0 aromatic carbocycles. The van der Waals surface area contributed by atoms with Crippen molar-refractivity contribution in [1.82, 2.24) is 9.97 Å². The summed E-state index contributed by atoms with van der Waals surface area (Å²) in [5.41, 5.74) is 0.473. The van der Waals surface area contributed by atoms with Crippen LogP contribution >= 0.6 is 19.6 Å². The van der Waals surface area contributed by atoms with Crippen LogP contribution in [-0.2, 0) is 9.19 Å². The Kier molecular flexibility index (Phi) is 2.46. The fraction of sp³-hybridized carbons (Fsp3) is 0.200. The van der Waals surface area contributed by atoms with E-state index < -0.39 is 7.82 Å². The van der Waals surface area contributed by atoms with Crippen LogP contribution in [0.2, 0.25) is 0 Å². The molecule has 0 spiro atoms. The van der Waals surface area contributed by atoms with Crippen molar-refractivity contribution in [2.75, 3.05) is 10.9 Å². The van der Waals surface area contributed by atoms with Crippen molar-refractivity contribution < 1.29 is 19.0 Å². The zero-order chi connectivity index (χ0) is 10.2. The molecule has 0 unspecified atom stereocenters. The van der Waals surface area contributed by atoms with E-state index in [-0.39, 0.29) is 0 Å². The van der Waals surface area contributed by atoms with Gasteiger partial charge in [-0.25, -0.2) is 19.6 Å². The molecule has 2 rings (SSSR count). The number of phosphoric acid groups is 1. The first-order chi connectivity index (χ1) is 6.56. The van der Waals surface area contributed by atoms with E-state index in [1.807, 2.05) is 0 Å². The molecule has 0 saturated heterocycles.